The summed E-state index contributed by atoms with van der Waals surface area (Å²) in [5.74, 6) is -0.859. The van der Waals surface area contributed by atoms with E-state index in [1.807, 2.05) is 36.5 Å². The Kier molecular flexibility index (Phi) is 36.5. The van der Waals surface area contributed by atoms with Crippen LogP contribution in [0.3, 0.4) is 0 Å². The van der Waals surface area contributed by atoms with Gasteiger partial charge in [0, 0.05) is 12.8 Å². The van der Waals surface area contributed by atoms with Crippen molar-refractivity contribution in [1.29, 1.82) is 0 Å². The van der Waals surface area contributed by atoms with Gasteiger partial charge in [-0.25, -0.2) is 0 Å². The predicted octanol–water partition coefficient (Wildman–Crippen LogP) is 10.2. The monoisotopic (exact) mass is 833 g/mol. The molecule has 0 amide bonds. The zero-order valence-corrected chi connectivity index (χ0v) is 37.0. The summed E-state index contributed by atoms with van der Waals surface area (Å²) < 4.78 is 22.1. The second kappa shape index (κ2) is 39.5. The van der Waals surface area contributed by atoms with Crippen LogP contribution < -0.4 is 0 Å². The highest BCUT2D eigenvalue weighted by Gasteiger charge is 2.44. The summed E-state index contributed by atoms with van der Waals surface area (Å²) in [6.45, 7) is 3.24. The molecule has 1 saturated heterocycles. The van der Waals surface area contributed by atoms with Gasteiger partial charge in [0.2, 0.25) is 0 Å². The maximum absolute atomic E-state index is 12.7. The molecule has 0 radical (unpaired) electrons. The number of hydrogen-bond acceptors (Lipinski definition) is 10. The number of aliphatic hydroxyl groups is 4. The van der Waals surface area contributed by atoms with Crippen LogP contribution in [0.15, 0.2) is 60.8 Å². The third kappa shape index (κ3) is 31.0. The minimum Gasteiger partial charge on any atom is -0.462 e. The van der Waals surface area contributed by atoms with E-state index in [4.69, 9.17) is 18.9 Å². The fraction of sp³-hybridized carbons (Fsp3) is 0.755. The molecule has 0 saturated carbocycles. The highest BCUT2D eigenvalue weighted by Crippen LogP contribution is 2.22. The zero-order valence-electron chi connectivity index (χ0n) is 37.0. The lowest BCUT2D eigenvalue weighted by Crippen LogP contribution is -2.59. The normalized spacial score (nSPS) is 20.5. The van der Waals surface area contributed by atoms with E-state index in [2.05, 4.69) is 38.2 Å². The molecule has 1 fully saturated rings. The summed E-state index contributed by atoms with van der Waals surface area (Å²) in [4.78, 5) is 25.3. The van der Waals surface area contributed by atoms with Gasteiger partial charge in [-0.15, -0.1) is 0 Å². The molecule has 0 spiro atoms. The molecule has 6 atom stereocenters. The molecular weight excluding hydrogens is 749 g/mol. The van der Waals surface area contributed by atoms with E-state index in [9.17, 15) is 30.0 Å². The van der Waals surface area contributed by atoms with Crippen LogP contribution in [0.4, 0.5) is 0 Å². The summed E-state index contributed by atoms with van der Waals surface area (Å²) in [6, 6.07) is 0. The topological polar surface area (TPSA) is 152 Å². The highest BCUT2D eigenvalue weighted by atomic mass is 16.7. The van der Waals surface area contributed by atoms with E-state index in [0.29, 0.717) is 12.8 Å². The Hall–Kier alpha value is -2.60. The Bertz CT molecular complexity index is 1150. The van der Waals surface area contributed by atoms with Crippen molar-refractivity contribution < 1.29 is 49.0 Å². The third-order valence-electron chi connectivity index (χ3n) is 10.5. The fourth-order valence-electron chi connectivity index (χ4n) is 6.78. The minimum absolute atomic E-state index is 0.181. The van der Waals surface area contributed by atoms with Crippen molar-refractivity contribution >= 4 is 11.9 Å². The Labute approximate surface area is 358 Å². The molecule has 0 aromatic carbocycles. The first-order valence-electron chi connectivity index (χ1n) is 23.4. The quantitative estimate of drug-likeness (QED) is 0.0205. The molecule has 59 heavy (non-hydrogen) atoms. The van der Waals surface area contributed by atoms with Gasteiger partial charge in [0.1, 0.15) is 31.0 Å². The smallest absolute Gasteiger partial charge is 0.306 e. The number of rotatable bonds is 38. The first-order valence-corrected chi connectivity index (χ1v) is 23.4. The second-order valence-electron chi connectivity index (χ2n) is 15.9. The fourth-order valence-corrected chi connectivity index (χ4v) is 6.78. The zero-order chi connectivity index (χ0) is 43.0. The van der Waals surface area contributed by atoms with E-state index < -0.39 is 55.4 Å². The van der Waals surface area contributed by atoms with Crippen LogP contribution >= 0.6 is 0 Å². The Morgan fingerprint density at radius 3 is 1.58 bits per heavy atom. The summed E-state index contributed by atoms with van der Waals surface area (Å²) in [5.41, 5.74) is 0. The number of carbonyl (C=O) groups excluding carboxylic acids is 2. The van der Waals surface area contributed by atoms with E-state index in [1.165, 1.54) is 89.9 Å². The summed E-state index contributed by atoms with van der Waals surface area (Å²) >= 11 is 0. The first-order chi connectivity index (χ1) is 28.8. The van der Waals surface area contributed by atoms with Gasteiger partial charge in [0.25, 0.3) is 0 Å². The molecule has 0 aromatic rings. The van der Waals surface area contributed by atoms with Gasteiger partial charge < -0.3 is 39.4 Å². The molecule has 10 nitrogen and oxygen atoms in total. The first kappa shape index (κ1) is 54.4. The van der Waals surface area contributed by atoms with Gasteiger partial charge >= 0.3 is 11.9 Å². The molecular formula is C49H84O10. The molecule has 3 unspecified atom stereocenters. The lowest BCUT2D eigenvalue weighted by molar-refractivity contribution is -0.305. The van der Waals surface area contributed by atoms with Crippen molar-refractivity contribution in [3.63, 3.8) is 0 Å². The van der Waals surface area contributed by atoms with E-state index in [1.54, 1.807) is 0 Å². The summed E-state index contributed by atoms with van der Waals surface area (Å²) in [7, 11) is 0. The van der Waals surface area contributed by atoms with Crippen LogP contribution in [-0.4, -0.2) is 89.0 Å². The summed E-state index contributed by atoms with van der Waals surface area (Å²) in [5, 5.41) is 40.1. The third-order valence-corrected chi connectivity index (χ3v) is 10.5. The number of hydrogen-bond donors (Lipinski definition) is 4. The standard InChI is InChI=1S/C49H84O10/c1-3-5-7-9-11-13-15-17-18-19-20-21-22-23-24-26-27-29-31-33-35-37-44(51)56-40-42(41-57-49-48(55)47(54)46(53)43(39-50)59-49)58-45(52)38-36-34-32-30-28-25-16-14-12-10-8-6-4-2/h6,8,10,12,14,16,21-22,25,28,42-43,46-50,53-55H,3-5,7,9,11,13,15,17-20,23-24,26-27,29-41H2,1-2H3/b8-6+,12-10+,16-14+,22-21+,28-25+/t42?,43-,46+,47?,48?,49-/m0/s1. The molecule has 0 bridgehead atoms. The van der Waals surface area contributed by atoms with Crippen molar-refractivity contribution in [2.24, 2.45) is 0 Å². The van der Waals surface area contributed by atoms with Crippen LogP contribution in [0.1, 0.15) is 181 Å². The number of allylic oxidation sites excluding steroid dienone is 10. The number of aliphatic hydroxyl groups excluding tert-OH is 4. The average molecular weight is 833 g/mol. The van der Waals surface area contributed by atoms with Crippen LogP contribution in [0.25, 0.3) is 0 Å². The maximum Gasteiger partial charge on any atom is 0.306 e. The van der Waals surface area contributed by atoms with E-state index >= 15 is 0 Å². The second-order valence-corrected chi connectivity index (χ2v) is 15.9. The van der Waals surface area contributed by atoms with Gasteiger partial charge in [-0.05, 0) is 57.8 Å². The van der Waals surface area contributed by atoms with Crippen LogP contribution in [-0.2, 0) is 28.5 Å². The molecule has 0 aromatic heterocycles. The van der Waals surface area contributed by atoms with Crippen LogP contribution in [0.2, 0.25) is 0 Å². The Morgan fingerprint density at radius 1 is 0.542 bits per heavy atom. The van der Waals surface area contributed by atoms with Crippen molar-refractivity contribution in [3.8, 4) is 0 Å². The Morgan fingerprint density at radius 2 is 1.02 bits per heavy atom. The number of unbranched alkanes of at least 4 members (excludes halogenated alkanes) is 20. The van der Waals surface area contributed by atoms with Gasteiger partial charge in [-0.3, -0.25) is 9.59 Å². The molecule has 1 aliphatic heterocycles. The number of esters is 2. The van der Waals surface area contributed by atoms with Crippen molar-refractivity contribution in [3.05, 3.63) is 60.8 Å². The SMILES string of the molecule is CC/C=C/C=C/C=C/C=C/CCCCCC(=O)OC(COC(=O)CCCCCCCCC/C=C/CCCCCCCCCCCC)CO[C@H]1O[C@@H](CO)[C@@H](O)C(O)C1O. The summed E-state index contributed by atoms with van der Waals surface area (Å²) in [6.07, 6.45) is 41.0. The van der Waals surface area contributed by atoms with Crippen LogP contribution in [0.5, 0.6) is 0 Å². The van der Waals surface area contributed by atoms with E-state index in [-0.39, 0.29) is 26.1 Å². The van der Waals surface area contributed by atoms with Gasteiger partial charge in [0.05, 0.1) is 13.2 Å². The molecule has 4 N–H and O–H groups in total. The lowest BCUT2D eigenvalue weighted by atomic mass is 9.99. The Balaban J connectivity index is 2.30. The highest BCUT2D eigenvalue weighted by molar-refractivity contribution is 5.70. The van der Waals surface area contributed by atoms with Gasteiger partial charge in [-0.2, -0.15) is 0 Å². The molecule has 0 aliphatic carbocycles. The molecule has 10 heteroatoms. The van der Waals surface area contributed by atoms with Crippen LogP contribution in [0, 0.1) is 0 Å². The van der Waals surface area contributed by atoms with Gasteiger partial charge in [-0.1, -0.05) is 171 Å². The van der Waals surface area contributed by atoms with Crippen molar-refractivity contribution in [1.82, 2.24) is 0 Å². The van der Waals surface area contributed by atoms with E-state index in [0.717, 1.165) is 51.4 Å². The van der Waals surface area contributed by atoms with Crippen molar-refractivity contribution in [2.45, 2.75) is 218 Å². The van der Waals surface area contributed by atoms with Gasteiger partial charge in [0.15, 0.2) is 12.4 Å². The maximum atomic E-state index is 12.7. The molecule has 1 rings (SSSR count). The van der Waals surface area contributed by atoms with Crippen molar-refractivity contribution in [2.75, 3.05) is 19.8 Å². The lowest BCUT2D eigenvalue weighted by Gasteiger charge is -2.39. The minimum atomic E-state index is -1.61. The predicted molar refractivity (Wildman–Crippen MR) is 238 cm³/mol. The number of carbonyl (C=O) groups is 2. The largest absolute Gasteiger partial charge is 0.462 e. The molecule has 340 valence electrons. The average Bonchev–Trinajstić information content (AvgIpc) is 3.23. The molecule has 1 aliphatic rings. The molecule has 1 heterocycles. The number of ether oxygens (including phenoxy) is 4.